The SMILES string of the molecule is COc1ccc(C2(CNC(=O)[C@@H]3CC[C@H](C(=O)O)C3)CCCCC2)cc1. The van der Waals surface area contributed by atoms with Crippen LogP contribution in [0.2, 0.25) is 0 Å². The van der Waals surface area contributed by atoms with E-state index < -0.39 is 5.97 Å². The second-order valence-corrected chi connectivity index (χ2v) is 7.83. The Morgan fingerprint density at radius 2 is 1.77 bits per heavy atom. The Kier molecular flexibility index (Phi) is 5.84. The summed E-state index contributed by atoms with van der Waals surface area (Å²) in [5, 5.41) is 12.3. The fourth-order valence-electron chi connectivity index (χ4n) is 4.59. The number of rotatable bonds is 6. The molecule has 0 bridgehead atoms. The first-order valence-corrected chi connectivity index (χ1v) is 9.69. The summed E-state index contributed by atoms with van der Waals surface area (Å²) in [5.41, 5.74) is 1.23. The summed E-state index contributed by atoms with van der Waals surface area (Å²) < 4.78 is 5.27. The summed E-state index contributed by atoms with van der Waals surface area (Å²) in [6, 6.07) is 8.21. The predicted octanol–water partition coefficient (Wildman–Crippen LogP) is 3.51. The molecule has 2 aliphatic rings. The first-order valence-electron chi connectivity index (χ1n) is 9.69. The van der Waals surface area contributed by atoms with Gasteiger partial charge < -0.3 is 15.2 Å². The van der Waals surface area contributed by atoms with E-state index >= 15 is 0 Å². The van der Waals surface area contributed by atoms with Gasteiger partial charge in [0.25, 0.3) is 0 Å². The van der Waals surface area contributed by atoms with Gasteiger partial charge in [-0.25, -0.2) is 0 Å². The molecule has 0 aromatic heterocycles. The molecule has 1 amide bonds. The summed E-state index contributed by atoms with van der Waals surface area (Å²) in [4.78, 5) is 23.7. The van der Waals surface area contributed by atoms with Gasteiger partial charge in [-0.1, -0.05) is 31.4 Å². The number of ether oxygens (including phenoxy) is 1. The normalized spacial score (nSPS) is 24.8. The number of benzene rings is 1. The number of carbonyl (C=O) groups excluding carboxylic acids is 1. The topological polar surface area (TPSA) is 75.6 Å². The number of nitrogens with one attached hydrogen (secondary N) is 1. The van der Waals surface area contributed by atoms with Gasteiger partial charge in [-0.05, 0) is 49.8 Å². The van der Waals surface area contributed by atoms with Crippen LogP contribution in [0.15, 0.2) is 24.3 Å². The Morgan fingerprint density at radius 1 is 1.12 bits per heavy atom. The van der Waals surface area contributed by atoms with Crippen LogP contribution in [0.4, 0.5) is 0 Å². The molecule has 26 heavy (non-hydrogen) atoms. The van der Waals surface area contributed by atoms with Crippen LogP contribution in [0.5, 0.6) is 5.75 Å². The number of hydrogen-bond donors (Lipinski definition) is 2. The molecule has 2 N–H and O–H groups in total. The van der Waals surface area contributed by atoms with Crippen LogP contribution in [-0.2, 0) is 15.0 Å². The van der Waals surface area contributed by atoms with Crippen molar-refractivity contribution in [3.8, 4) is 5.75 Å². The molecule has 0 aliphatic heterocycles. The molecule has 1 aromatic rings. The molecule has 0 radical (unpaired) electrons. The van der Waals surface area contributed by atoms with Crippen molar-refractivity contribution < 1.29 is 19.4 Å². The van der Waals surface area contributed by atoms with Gasteiger partial charge in [-0.15, -0.1) is 0 Å². The fourth-order valence-corrected chi connectivity index (χ4v) is 4.59. The minimum absolute atomic E-state index is 0.0206. The van der Waals surface area contributed by atoms with Gasteiger partial charge in [0, 0.05) is 17.9 Å². The van der Waals surface area contributed by atoms with Gasteiger partial charge in [0.1, 0.15) is 5.75 Å². The van der Waals surface area contributed by atoms with E-state index in [0.29, 0.717) is 25.8 Å². The quantitative estimate of drug-likeness (QED) is 0.815. The van der Waals surface area contributed by atoms with Gasteiger partial charge in [-0.3, -0.25) is 9.59 Å². The Labute approximate surface area is 155 Å². The third kappa shape index (κ3) is 4.02. The lowest BCUT2D eigenvalue weighted by atomic mass is 9.69. The Balaban J connectivity index is 1.67. The molecule has 2 saturated carbocycles. The fraction of sp³-hybridized carbons (Fsp3) is 0.619. The lowest BCUT2D eigenvalue weighted by Crippen LogP contribution is -2.43. The summed E-state index contributed by atoms with van der Waals surface area (Å²) >= 11 is 0. The highest BCUT2D eigenvalue weighted by Crippen LogP contribution is 2.40. The van der Waals surface area contributed by atoms with Crippen LogP contribution >= 0.6 is 0 Å². The van der Waals surface area contributed by atoms with Crippen LogP contribution in [0.3, 0.4) is 0 Å². The third-order valence-electron chi connectivity index (χ3n) is 6.27. The molecule has 0 unspecified atom stereocenters. The van der Waals surface area contributed by atoms with E-state index in [1.54, 1.807) is 7.11 Å². The van der Waals surface area contributed by atoms with Crippen molar-refractivity contribution in [2.75, 3.05) is 13.7 Å². The standard InChI is InChI=1S/C21H29NO4/c1-26-18-9-7-17(8-10-18)21(11-3-2-4-12-21)14-22-19(23)15-5-6-16(13-15)20(24)25/h7-10,15-16H,2-6,11-14H2,1H3,(H,22,23)(H,24,25)/t15-,16+/m1/s1. The number of carbonyl (C=O) groups is 2. The van der Waals surface area contributed by atoms with E-state index in [9.17, 15) is 9.59 Å². The highest BCUT2D eigenvalue weighted by Gasteiger charge is 2.37. The van der Waals surface area contributed by atoms with Crippen molar-refractivity contribution >= 4 is 11.9 Å². The molecule has 0 heterocycles. The van der Waals surface area contributed by atoms with Crippen molar-refractivity contribution in [2.24, 2.45) is 11.8 Å². The minimum Gasteiger partial charge on any atom is -0.497 e. The van der Waals surface area contributed by atoms with Crippen molar-refractivity contribution in [1.82, 2.24) is 5.32 Å². The molecule has 3 rings (SSSR count). The molecule has 0 saturated heterocycles. The molecule has 2 atom stereocenters. The van der Waals surface area contributed by atoms with E-state index in [4.69, 9.17) is 9.84 Å². The lowest BCUT2D eigenvalue weighted by molar-refractivity contribution is -0.141. The molecule has 1 aromatic carbocycles. The van der Waals surface area contributed by atoms with Crippen molar-refractivity contribution in [3.63, 3.8) is 0 Å². The minimum atomic E-state index is -0.776. The molecule has 5 nitrogen and oxygen atoms in total. The molecule has 0 spiro atoms. The summed E-state index contributed by atoms with van der Waals surface area (Å²) in [6.07, 6.45) is 7.49. The average molecular weight is 359 g/mol. The number of hydrogen-bond acceptors (Lipinski definition) is 3. The van der Waals surface area contributed by atoms with Crippen LogP contribution in [0, 0.1) is 11.8 Å². The molecular weight excluding hydrogens is 330 g/mol. The van der Waals surface area contributed by atoms with Crippen molar-refractivity contribution in [3.05, 3.63) is 29.8 Å². The zero-order valence-corrected chi connectivity index (χ0v) is 15.5. The molecule has 2 fully saturated rings. The van der Waals surface area contributed by atoms with E-state index in [0.717, 1.165) is 18.6 Å². The highest BCUT2D eigenvalue weighted by atomic mass is 16.5. The van der Waals surface area contributed by atoms with Crippen molar-refractivity contribution in [2.45, 2.75) is 56.8 Å². The van der Waals surface area contributed by atoms with Gasteiger partial charge in [0.2, 0.25) is 5.91 Å². The van der Waals surface area contributed by atoms with Gasteiger partial charge in [-0.2, -0.15) is 0 Å². The largest absolute Gasteiger partial charge is 0.497 e. The van der Waals surface area contributed by atoms with Crippen LogP contribution in [0.25, 0.3) is 0 Å². The summed E-state index contributed by atoms with van der Waals surface area (Å²) in [5.74, 6) is -0.438. The predicted molar refractivity (Wildman–Crippen MR) is 99.2 cm³/mol. The van der Waals surface area contributed by atoms with Gasteiger partial charge in [0.05, 0.1) is 13.0 Å². The second-order valence-electron chi connectivity index (χ2n) is 7.83. The highest BCUT2D eigenvalue weighted by molar-refractivity contribution is 5.81. The van der Waals surface area contributed by atoms with Gasteiger partial charge in [0.15, 0.2) is 0 Å². The maximum Gasteiger partial charge on any atom is 0.306 e. The number of amides is 1. The van der Waals surface area contributed by atoms with Crippen LogP contribution in [-0.4, -0.2) is 30.6 Å². The summed E-state index contributed by atoms with van der Waals surface area (Å²) in [6.45, 7) is 0.631. The molecule has 5 heteroatoms. The number of carboxylic acids is 1. The van der Waals surface area contributed by atoms with Crippen LogP contribution < -0.4 is 10.1 Å². The maximum absolute atomic E-state index is 12.6. The number of aliphatic carboxylic acids is 1. The monoisotopic (exact) mass is 359 g/mol. The Morgan fingerprint density at radius 3 is 2.35 bits per heavy atom. The summed E-state index contributed by atoms with van der Waals surface area (Å²) in [7, 11) is 1.66. The van der Waals surface area contributed by atoms with Crippen molar-refractivity contribution in [1.29, 1.82) is 0 Å². The maximum atomic E-state index is 12.6. The Hall–Kier alpha value is -2.04. The van der Waals surface area contributed by atoms with Gasteiger partial charge >= 0.3 is 5.97 Å². The lowest BCUT2D eigenvalue weighted by Gasteiger charge is -2.38. The van der Waals surface area contributed by atoms with E-state index in [-0.39, 0.29) is 23.2 Å². The number of methoxy groups -OCH3 is 1. The first-order chi connectivity index (χ1) is 12.5. The van der Waals surface area contributed by atoms with Crippen LogP contribution in [0.1, 0.15) is 56.9 Å². The van der Waals surface area contributed by atoms with E-state index in [2.05, 4.69) is 17.4 Å². The third-order valence-corrected chi connectivity index (χ3v) is 6.27. The van der Waals surface area contributed by atoms with E-state index in [1.165, 1.54) is 24.8 Å². The number of carboxylic acid groups (broad SMARTS) is 1. The molecule has 2 aliphatic carbocycles. The van der Waals surface area contributed by atoms with E-state index in [1.807, 2.05) is 12.1 Å². The molecule has 142 valence electrons. The Bertz CT molecular complexity index is 634. The first kappa shape index (κ1) is 18.7. The average Bonchev–Trinajstić information content (AvgIpc) is 3.18. The second kappa shape index (κ2) is 8.11. The molecular formula is C21H29NO4. The smallest absolute Gasteiger partial charge is 0.306 e. The zero-order valence-electron chi connectivity index (χ0n) is 15.5. The zero-order chi connectivity index (χ0) is 18.6.